The Balaban J connectivity index is 3.10. The Morgan fingerprint density at radius 1 is 1.36 bits per heavy atom. The quantitative estimate of drug-likeness (QED) is 0.690. The molecule has 0 spiro atoms. The van der Waals surface area contributed by atoms with Gasteiger partial charge < -0.3 is 0 Å². The molecular formula is C12H15ClO. The van der Waals surface area contributed by atoms with Crippen LogP contribution < -0.4 is 0 Å². The molecule has 14 heavy (non-hydrogen) atoms. The molecule has 0 heterocycles. The molecule has 0 saturated heterocycles. The maximum absolute atomic E-state index is 11.8. The summed E-state index contributed by atoms with van der Waals surface area (Å²) in [5.41, 5.74) is 1.77. The Bertz CT molecular complexity index is 331. The number of hydrogen-bond acceptors (Lipinski definition) is 1. The van der Waals surface area contributed by atoms with E-state index in [4.69, 9.17) is 11.6 Å². The third-order valence-corrected chi connectivity index (χ3v) is 2.55. The molecule has 76 valence electrons. The highest BCUT2D eigenvalue weighted by atomic mass is 35.5. The van der Waals surface area contributed by atoms with E-state index in [9.17, 15) is 4.79 Å². The molecule has 0 aromatic heterocycles. The highest BCUT2D eigenvalue weighted by Crippen LogP contribution is 2.22. The molecule has 1 aromatic carbocycles. The summed E-state index contributed by atoms with van der Waals surface area (Å²) >= 11 is 6.02. The van der Waals surface area contributed by atoms with Gasteiger partial charge in [0.05, 0.1) is 5.02 Å². The number of ketones is 1. The third kappa shape index (κ3) is 2.36. The predicted molar refractivity (Wildman–Crippen MR) is 60.1 cm³/mol. The Labute approximate surface area is 90.1 Å². The number of Topliss-reactive ketones (excluding diaryl/α,β-unsaturated/α-hetero) is 1. The molecule has 0 atom stereocenters. The molecule has 0 saturated carbocycles. The lowest BCUT2D eigenvalue weighted by molar-refractivity contribution is 0.0981. The van der Waals surface area contributed by atoms with E-state index in [0.717, 1.165) is 24.0 Å². The van der Waals surface area contributed by atoms with E-state index in [1.165, 1.54) is 0 Å². The first-order chi connectivity index (χ1) is 6.70. The number of aryl methyl sites for hydroxylation is 1. The predicted octanol–water partition coefficient (Wildman–Crippen LogP) is 3.89. The topological polar surface area (TPSA) is 17.1 Å². The zero-order chi connectivity index (χ0) is 10.6. The molecule has 0 radical (unpaired) electrons. The van der Waals surface area contributed by atoms with E-state index in [2.05, 4.69) is 0 Å². The first-order valence-electron chi connectivity index (χ1n) is 5.01. The summed E-state index contributed by atoms with van der Waals surface area (Å²) in [5.74, 6) is 0.162. The molecule has 0 fully saturated rings. The molecule has 1 nitrogen and oxygen atoms in total. The molecule has 0 bridgehead atoms. The third-order valence-electron chi connectivity index (χ3n) is 2.24. The van der Waals surface area contributed by atoms with Gasteiger partial charge in [-0.25, -0.2) is 0 Å². The van der Waals surface area contributed by atoms with Gasteiger partial charge in [-0.15, -0.1) is 0 Å². The van der Waals surface area contributed by atoms with Crippen LogP contribution in [0.4, 0.5) is 0 Å². The average molecular weight is 211 g/mol. The van der Waals surface area contributed by atoms with Gasteiger partial charge in [-0.2, -0.15) is 0 Å². The lowest BCUT2D eigenvalue weighted by Crippen LogP contribution is -2.03. The van der Waals surface area contributed by atoms with Crippen molar-refractivity contribution in [2.24, 2.45) is 0 Å². The SMILES string of the molecule is CCCC(=O)c1c(Cl)cccc1CC. The average Bonchev–Trinajstić information content (AvgIpc) is 2.17. The van der Waals surface area contributed by atoms with Crippen molar-refractivity contribution in [1.82, 2.24) is 0 Å². The summed E-state index contributed by atoms with van der Waals surface area (Å²) in [7, 11) is 0. The lowest BCUT2D eigenvalue weighted by atomic mass is 9.99. The van der Waals surface area contributed by atoms with Crippen LogP contribution in [0, 0.1) is 0 Å². The van der Waals surface area contributed by atoms with Gasteiger partial charge in [0.2, 0.25) is 0 Å². The normalized spacial score (nSPS) is 10.2. The zero-order valence-electron chi connectivity index (χ0n) is 8.64. The maximum atomic E-state index is 11.8. The van der Waals surface area contributed by atoms with Gasteiger partial charge in [-0.05, 0) is 24.5 Å². The summed E-state index contributed by atoms with van der Waals surface area (Å²) < 4.78 is 0. The highest BCUT2D eigenvalue weighted by molar-refractivity contribution is 6.34. The van der Waals surface area contributed by atoms with Gasteiger partial charge in [-0.1, -0.05) is 37.6 Å². The number of carbonyl (C=O) groups excluding carboxylic acids is 1. The van der Waals surface area contributed by atoms with Crippen LogP contribution in [0.25, 0.3) is 0 Å². The molecule has 0 aliphatic carbocycles. The smallest absolute Gasteiger partial charge is 0.164 e. The lowest BCUT2D eigenvalue weighted by Gasteiger charge is -2.07. The maximum Gasteiger partial charge on any atom is 0.164 e. The van der Waals surface area contributed by atoms with Gasteiger partial charge in [-0.3, -0.25) is 4.79 Å². The first-order valence-corrected chi connectivity index (χ1v) is 5.39. The number of hydrogen-bond donors (Lipinski definition) is 0. The highest BCUT2D eigenvalue weighted by Gasteiger charge is 2.12. The van der Waals surface area contributed by atoms with Crippen LogP contribution in [0.5, 0.6) is 0 Å². The standard InChI is InChI=1S/C12H15ClO/c1-3-6-11(14)12-9(4-2)7-5-8-10(12)13/h5,7-8H,3-4,6H2,1-2H3. The minimum Gasteiger partial charge on any atom is -0.294 e. The second kappa shape index (κ2) is 5.16. The Morgan fingerprint density at radius 2 is 2.07 bits per heavy atom. The zero-order valence-corrected chi connectivity index (χ0v) is 9.40. The summed E-state index contributed by atoms with van der Waals surface area (Å²) in [6.07, 6.45) is 2.30. The van der Waals surface area contributed by atoms with Crippen molar-refractivity contribution in [2.45, 2.75) is 33.1 Å². The fraction of sp³-hybridized carbons (Fsp3) is 0.417. The molecule has 2 heteroatoms. The molecule has 1 rings (SSSR count). The van der Waals surface area contributed by atoms with Gasteiger partial charge >= 0.3 is 0 Å². The molecule has 1 aromatic rings. The van der Waals surface area contributed by atoms with Crippen LogP contribution in [0.2, 0.25) is 5.02 Å². The van der Waals surface area contributed by atoms with Crippen LogP contribution in [0.15, 0.2) is 18.2 Å². The summed E-state index contributed by atoms with van der Waals surface area (Å²) in [4.78, 5) is 11.8. The van der Waals surface area contributed by atoms with E-state index < -0.39 is 0 Å². The van der Waals surface area contributed by atoms with E-state index in [0.29, 0.717) is 11.4 Å². The van der Waals surface area contributed by atoms with Crippen molar-refractivity contribution in [1.29, 1.82) is 0 Å². The van der Waals surface area contributed by atoms with E-state index in [-0.39, 0.29) is 5.78 Å². The van der Waals surface area contributed by atoms with Gasteiger partial charge in [0.15, 0.2) is 5.78 Å². The van der Waals surface area contributed by atoms with Crippen molar-refractivity contribution in [3.63, 3.8) is 0 Å². The summed E-state index contributed by atoms with van der Waals surface area (Å²) in [6, 6.07) is 5.64. The fourth-order valence-corrected chi connectivity index (χ4v) is 1.83. The van der Waals surface area contributed by atoms with Crippen LogP contribution >= 0.6 is 11.6 Å². The van der Waals surface area contributed by atoms with E-state index >= 15 is 0 Å². The largest absolute Gasteiger partial charge is 0.294 e. The van der Waals surface area contributed by atoms with Crippen molar-refractivity contribution in [2.75, 3.05) is 0 Å². The summed E-state index contributed by atoms with van der Waals surface area (Å²) in [6.45, 7) is 4.04. The van der Waals surface area contributed by atoms with Gasteiger partial charge in [0, 0.05) is 12.0 Å². The van der Waals surface area contributed by atoms with E-state index in [1.807, 2.05) is 26.0 Å². The number of rotatable bonds is 4. The minimum atomic E-state index is 0.162. The Morgan fingerprint density at radius 3 is 2.64 bits per heavy atom. The van der Waals surface area contributed by atoms with Crippen molar-refractivity contribution < 1.29 is 4.79 Å². The summed E-state index contributed by atoms with van der Waals surface area (Å²) in [5, 5.41) is 0.586. The molecule has 0 amide bonds. The Kier molecular flexibility index (Phi) is 4.15. The number of carbonyl (C=O) groups is 1. The molecule has 0 aliphatic heterocycles. The number of halogens is 1. The minimum absolute atomic E-state index is 0.162. The second-order valence-corrected chi connectivity index (χ2v) is 3.71. The monoisotopic (exact) mass is 210 g/mol. The van der Waals surface area contributed by atoms with Crippen LogP contribution in [-0.2, 0) is 6.42 Å². The molecular weight excluding hydrogens is 196 g/mol. The van der Waals surface area contributed by atoms with Gasteiger partial charge in [0.25, 0.3) is 0 Å². The van der Waals surface area contributed by atoms with Crippen LogP contribution in [-0.4, -0.2) is 5.78 Å². The van der Waals surface area contributed by atoms with Crippen LogP contribution in [0.1, 0.15) is 42.6 Å². The second-order valence-electron chi connectivity index (χ2n) is 3.30. The Hall–Kier alpha value is -0.820. The van der Waals surface area contributed by atoms with Crippen molar-refractivity contribution in [3.8, 4) is 0 Å². The molecule has 0 aliphatic rings. The van der Waals surface area contributed by atoms with Crippen LogP contribution in [0.3, 0.4) is 0 Å². The number of benzene rings is 1. The van der Waals surface area contributed by atoms with Gasteiger partial charge in [0.1, 0.15) is 0 Å². The van der Waals surface area contributed by atoms with Crippen molar-refractivity contribution >= 4 is 17.4 Å². The fourth-order valence-electron chi connectivity index (χ4n) is 1.53. The van der Waals surface area contributed by atoms with Crippen molar-refractivity contribution in [3.05, 3.63) is 34.3 Å². The molecule has 0 unspecified atom stereocenters. The van der Waals surface area contributed by atoms with E-state index in [1.54, 1.807) is 6.07 Å². The first kappa shape index (κ1) is 11.3. The molecule has 0 N–H and O–H groups in total.